The number of fused-ring (bicyclic) bond motifs is 1. The van der Waals surface area contributed by atoms with Crippen molar-refractivity contribution in [1.82, 2.24) is 10.3 Å². The summed E-state index contributed by atoms with van der Waals surface area (Å²) in [5, 5.41) is 4.25. The van der Waals surface area contributed by atoms with E-state index in [0.717, 1.165) is 11.9 Å². The highest BCUT2D eigenvalue weighted by Gasteiger charge is 2.13. The van der Waals surface area contributed by atoms with Gasteiger partial charge in [-0.05, 0) is 30.8 Å². The van der Waals surface area contributed by atoms with E-state index >= 15 is 0 Å². The first-order valence-electron chi connectivity index (χ1n) is 6.28. The van der Waals surface area contributed by atoms with Gasteiger partial charge in [-0.25, -0.2) is 8.42 Å². The van der Waals surface area contributed by atoms with Crippen LogP contribution in [0.5, 0.6) is 0 Å². The molecule has 1 aromatic heterocycles. The number of pyridine rings is 1. The van der Waals surface area contributed by atoms with Crippen molar-refractivity contribution in [2.45, 2.75) is 6.92 Å². The number of nitrogens with one attached hydrogen (secondary N) is 2. The normalized spacial score (nSPS) is 11.7. The molecule has 0 aliphatic heterocycles. The van der Waals surface area contributed by atoms with Crippen molar-refractivity contribution >= 4 is 38.2 Å². The van der Waals surface area contributed by atoms with Gasteiger partial charge in [-0.1, -0.05) is 18.5 Å². The Hall–Kier alpha value is -1.37. The fraction of sp³-hybridized carbons (Fsp3) is 0.308. The third kappa shape index (κ3) is 3.59. The number of benzene rings is 1. The van der Waals surface area contributed by atoms with E-state index in [0.29, 0.717) is 22.8 Å². The lowest BCUT2D eigenvalue weighted by Crippen LogP contribution is -2.26. The molecule has 0 aliphatic rings. The number of sulfonamides is 1. The maximum atomic E-state index is 12.0. The molecule has 0 saturated heterocycles. The molecule has 0 spiro atoms. The molecule has 0 unspecified atom stereocenters. The molecule has 5 nitrogen and oxygen atoms in total. The summed E-state index contributed by atoms with van der Waals surface area (Å²) in [6.07, 6.45) is 1.61. The highest BCUT2D eigenvalue weighted by molar-refractivity contribution is 7.92. The first-order chi connectivity index (χ1) is 9.53. The molecule has 0 saturated carbocycles. The van der Waals surface area contributed by atoms with Crippen molar-refractivity contribution in [2.24, 2.45) is 0 Å². The van der Waals surface area contributed by atoms with Crippen LogP contribution in [-0.4, -0.2) is 32.2 Å². The van der Waals surface area contributed by atoms with Crippen molar-refractivity contribution in [1.29, 1.82) is 0 Å². The smallest absolute Gasteiger partial charge is 0.234 e. The average Bonchev–Trinajstić information content (AvgIpc) is 2.42. The molecule has 2 N–H and O–H groups in total. The van der Waals surface area contributed by atoms with Gasteiger partial charge in [0.25, 0.3) is 0 Å². The molecular weight excluding hydrogens is 298 g/mol. The van der Waals surface area contributed by atoms with Gasteiger partial charge >= 0.3 is 0 Å². The summed E-state index contributed by atoms with van der Waals surface area (Å²) in [7, 11) is -3.41. The Labute approximate surface area is 123 Å². The van der Waals surface area contributed by atoms with E-state index in [1.54, 1.807) is 30.5 Å². The second-order valence-electron chi connectivity index (χ2n) is 4.27. The zero-order chi connectivity index (χ0) is 14.6. The Morgan fingerprint density at radius 3 is 2.85 bits per heavy atom. The number of hydrogen-bond acceptors (Lipinski definition) is 4. The molecule has 0 fully saturated rings. The number of halogens is 1. The van der Waals surface area contributed by atoms with Crippen molar-refractivity contribution in [3.63, 3.8) is 0 Å². The topological polar surface area (TPSA) is 71.1 Å². The van der Waals surface area contributed by atoms with Gasteiger partial charge in [-0.3, -0.25) is 9.71 Å². The average molecular weight is 314 g/mol. The fourth-order valence-corrected chi connectivity index (χ4v) is 3.05. The monoisotopic (exact) mass is 313 g/mol. The van der Waals surface area contributed by atoms with Crippen LogP contribution in [0.2, 0.25) is 5.02 Å². The van der Waals surface area contributed by atoms with Crippen molar-refractivity contribution in [3.8, 4) is 0 Å². The molecular formula is C13H16ClN3O2S. The number of rotatable bonds is 6. The zero-order valence-electron chi connectivity index (χ0n) is 11.1. The van der Waals surface area contributed by atoms with Gasteiger partial charge < -0.3 is 5.32 Å². The third-order valence-corrected chi connectivity index (χ3v) is 4.38. The first-order valence-corrected chi connectivity index (χ1v) is 8.31. The Morgan fingerprint density at radius 1 is 1.30 bits per heavy atom. The van der Waals surface area contributed by atoms with Crippen molar-refractivity contribution in [3.05, 3.63) is 35.5 Å². The number of aromatic nitrogens is 1. The first kappa shape index (κ1) is 15.0. The third-order valence-electron chi connectivity index (χ3n) is 2.78. The van der Waals surface area contributed by atoms with Gasteiger partial charge in [0.1, 0.15) is 0 Å². The van der Waals surface area contributed by atoms with Gasteiger partial charge in [0, 0.05) is 18.1 Å². The lowest BCUT2D eigenvalue weighted by Gasteiger charge is -2.11. The quantitative estimate of drug-likeness (QED) is 0.802. The van der Waals surface area contributed by atoms with E-state index < -0.39 is 10.0 Å². The van der Waals surface area contributed by atoms with E-state index in [-0.39, 0.29) is 5.75 Å². The molecule has 7 heteroatoms. The van der Waals surface area contributed by atoms with E-state index in [1.165, 1.54) is 0 Å². The van der Waals surface area contributed by atoms with E-state index in [4.69, 9.17) is 11.6 Å². The Bertz CT molecular complexity index is 704. The maximum Gasteiger partial charge on any atom is 0.234 e. The summed E-state index contributed by atoms with van der Waals surface area (Å²) >= 11 is 6.08. The number of anilines is 1. The van der Waals surface area contributed by atoms with E-state index in [9.17, 15) is 8.42 Å². The van der Waals surface area contributed by atoms with Crippen LogP contribution in [0.1, 0.15) is 6.92 Å². The van der Waals surface area contributed by atoms with E-state index in [1.807, 2.05) is 6.92 Å². The molecule has 0 radical (unpaired) electrons. The molecule has 0 atom stereocenters. The van der Waals surface area contributed by atoms with Crippen molar-refractivity contribution < 1.29 is 8.42 Å². The van der Waals surface area contributed by atoms with Gasteiger partial charge in [0.2, 0.25) is 10.0 Å². The summed E-state index contributed by atoms with van der Waals surface area (Å²) in [6, 6.07) is 6.86. The highest BCUT2D eigenvalue weighted by atomic mass is 35.5. The Balaban J connectivity index is 2.28. The molecule has 0 amide bonds. The second-order valence-corrected chi connectivity index (χ2v) is 6.52. The summed E-state index contributed by atoms with van der Waals surface area (Å²) < 4.78 is 26.5. The predicted molar refractivity (Wildman–Crippen MR) is 82.7 cm³/mol. The summed E-state index contributed by atoms with van der Waals surface area (Å²) in [5.74, 6) is 0.0117. The Kier molecular flexibility index (Phi) is 4.80. The molecule has 1 aromatic carbocycles. The van der Waals surface area contributed by atoms with Crippen molar-refractivity contribution in [2.75, 3.05) is 23.6 Å². The lowest BCUT2D eigenvalue weighted by atomic mass is 10.2. The highest BCUT2D eigenvalue weighted by Crippen LogP contribution is 2.28. The maximum absolute atomic E-state index is 12.0. The van der Waals surface area contributed by atoms with Gasteiger partial charge in [0.15, 0.2) is 0 Å². The number of nitrogens with zero attached hydrogens (tertiary/aromatic N) is 1. The number of hydrogen-bond donors (Lipinski definition) is 2. The minimum atomic E-state index is -3.41. The minimum Gasteiger partial charge on any atom is -0.316 e. The zero-order valence-corrected chi connectivity index (χ0v) is 12.6. The van der Waals surface area contributed by atoms with Crippen LogP contribution in [-0.2, 0) is 10.0 Å². The predicted octanol–water partition coefficient (Wildman–Crippen LogP) is 2.24. The molecule has 108 valence electrons. The van der Waals surface area contributed by atoms with Crippen LogP contribution in [0.3, 0.4) is 0 Å². The van der Waals surface area contributed by atoms with Gasteiger partial charge in [-0.2, -0.15) is 0 Å². The molecule has 2 rings (SSSR count). The van der Waals surface area contributed by atoms with Crippen LogP contribution >= 0.6 is 11.6 Å². The van der Waals surface area contributed by atoms with Gasteiger partial charge in [0.05, 0.1) is 22.0 Å². The van der Waals surface area contributed by atoms with Crippen LogP contribution in [0.25, 0.3) is 10.9 Å². The van der Waals surface area contributed by atoms with Crippen LogP contribution in [0.4, 0.5) is 5.69 Å². The molecule has 0 aliphatic carbocycles. The fourth-order valence-electron chi connectivity index (χ4n) is 1.82. The minimum absolute atomic E-state index is 0.0117. The standard InChI is InChI=1S/C13H16ClN3O2S/c1-2-15-8-9-20(18,19)17-12-6-5-11(14)10-4-3-7-16-13(10)12/h3-7,15,17H,2,8-9H2,1H3. The van der Waals surface area contributed by atoms with E-state index in [2.05, 4.69) is 15.0 Å². The van der Waals surface area contributed by atoms with Crippen LogP contribution < -0.4 is 10.0 Å². The van der Waals surface area contributed by atoms with Gasteiger partial charge in [-0.15, -0.1) is 0 Å². The molecule has 1 heterocycles. The van der Waals surface area contributed by atoms with Crippen LogP contribution in [0.15, 0.2) is 30.5 Å². The SMILES string of the molecule is CCNCCS(=O)(=O)Nc1ccc(Cl)c2cccnc12. The molecule has 2 aromatic rings. The molecule has 20 heavy (non-hydrogen) atoms. The summed E-state index contributed by atoms with van der Waals surface area (Å²) in [5.41, 5.74) is 0.994. The molecule has 0 bridgehead atoms. The second kappa shape index (κ2) is 6.39. The Morgan fingerprint density at radius 2 is 2.10 bits per heavy atom. The lowest BCUT2D eigenvalue weighted by molar-refractivity contribution is 0.597. The van der Waals surface area contributed by atoms with Crippen LogP contribution in [0, 0.1) is 0 Å². The largest absolute Gasteiger partial charge is 0.316 e. The summed E-state index contributed by atoms with van der Waals surface area (Å²) in [4.78, 5) is 4.20. The summed E-state index contributed by atoms with van der Waals surface area (Å²) in [6.45, 7) is 3.07.